The zero-order valence-corrected chi connectivity index (χ0v) is 12.2. The summed E-state index contributed by atoms with van der Waals surface area (Å²) in [7, 11) is 0. The van der Waals surface area contributed by atoms with Gasteiger partial charge in [0, 0.05) is 12.1 Å². The van der Waals surface area contributed by atoms with Gasteiger partial charge in [-0.2, -0.15) is 0 Å². The molecule has 20 heavy (non-hydrogen) atoms. The number of aliphatic hydroxyl groups is 1. The molecule has 0 unspecified atom stereocenters. The summed E-state index contributed by atoms with van der Waals surface area (Å²) in [6.07, 6.45) is 0.294. The number of hydrogen-bond acceptors (Lipinski definition) is 2. The van der Waals surface area contributed by atoms with Crippen molar-refractivity contribution in [2.24, 2.45) is 0 Å². The molecule has 0 fully saturated rings. The number of aliphatic hydroxyl groups excluding tert-OH is 1. The fourth-order valence-corrected chi connectivity index (χ4v) is 2.48. The Morgan fingerprint density at radius 2 is 1.35 bits per heavy atom. The molecule has 0 saturated heterocycles. The third-order valence-corrected chi connectivity index (χ3v) is 3.60. The Balaban J connectivity index is 1.88. The average molecular weight is 269 g/mol. The number of nitrogens with one attached hydrogen (secondary N) is 1. The van der Waals surface area contributed by atoms with Crippen molar-refractivity contribution < 1.29 is 5.11 Å². The lowest BCUT2D eigenvalue weighted by Crippen LogP contribution is -2.30. The molecule has 106 valence electrons. The first-order valence-corrected chi connectivity index (χ1v) is 7.21. The van der Waals surface area contributed by atoms with E-state index in [-0.39, 0.29) is 12.1 Å². The van der Waals surface area contributed by atoms with Crippen LogP contribution in [0.25, 0.3) is 0 Å². The van der Waals surface area contributed by atoms with Gasteiger partial charge in [-0.3, -0.25) is 0 Å². The van der Waals surface area contributed by atoms with Gasteiger partial charge < -0.3 is 10.4 Å². The second-order valence-corrected chi connectivity index (χ2v) is 5.36. The topological polar surface area (TPSA) is 32.3 Å². The first kappa shape index (κ1) is 14.8. The van der Waals surface area contributed by atoms with E-state index in [0.717, 1.165) is 5.56 Å². The Kier molecular flexibility index (Phi) is 5.33. The minimum absolute atomic E-state index is 0.250. The fraction of sp³-hybridized carbons (Fsp3) is 0.333. The van der Waals surface area contributed by atoms with Crippen LogP contribution in [0.1, 0.15) is 43.5 Å². The van der Waals surface area contributed by atoms with Gasteiger partial charge in [0.1, 0.15) is 0 Å². The molecule has 0 aliphatic heterocycles. The average Bonchev–Trinajstić information content (AvgIpc) is 2.49. The van der Waals surface area contributed by atoms with E-state index in [1.807, 2.05) is 36.4 Å². The van der Waals surface area contributed by atoms with E-state index in [1.54, 1.807) is 0 Å². The molecule has 0 saturated carbocycles. The van der Waals surface area contributed by atoms with Gasteiger partial charge >= 0.3 is 0 Å². The summed E-state index contributed by atoms with van der Waals surface area (Å²) < 4.78 is 0. The molecule has 0 amide bonds. The predicted octanol–water partition coefficient (Wildman–Crippen LogP) is 3.85. The van der Waals surface area contributed by atoms with Crippen molar-refractivity contribution in [1.82, 2.24) is 5.32 Å². The molecule has 0 aliphatic carbocycles. The largest absolute Gasteiger partial charge is 0.388 e. The molecule has 2 nitrogen and oxygen atoms in total. The zero-order chi connectivity index (χ0) is 14.4. The van der Waals surface area contributed by atoms with Gasteiger partial charge in [-0.05, 0) is 31.4 Å². The third-order valence-electron chi connectivity index (χ3n) is 3.60. The summed E-state index contributed by atoms with van der Waals surface area (Å²) >= 11 is 0. The highest BCUT2D eigenvalue weighted by Crippen LogP contribution is 2.20. The molecule has 3 atom stereocenters. The van der Waals surface area contributed by atoms with Crippen LogP contribution in [0.15, 0.2) is 60.7 Å². The highest BCUT2D eigenvalue weighted by Gasteiger charge is 2.14. The molecule has 2 rings (SSSR count). The molecular formula is C18H23NO. The number of rotatable bonds is 6. The van der Waals surface area contributed by atoms with Gasteiger partial charge in [0.2, 0.25) is 0 Å². The lowest BCUT2D eigenvalue weighted by Gasteiger charge is -2.22. The van der Waals surface area contributed by atoms with Crippen LogP contribution in [0.5, 0.6) is 0 Å². The molecule has 2 N–H and O–H groups in total. The van der Waals surface area contributed by atoms with E-state index < -0.39 is 6.10 Å². The molecule has 0 bridgehead atoms. The Morgan fingerprint density at radius 1 is 0.850 bits per heavy atom. The minimum Gasteiger partial charge on any atom is -0.388 e. The van der Waals surface area contributed by atoms with Gasteiger partial charge in [0.05, 0.1) is 6.10 Å². The molecule has 0 aliphatic rings. The summed E-state index contributed by atoms with van der Waals surface area (Å²) in [5.41, 5.74) is 2.25. The SMILES string of the molecule is C[C@H](N[C@@H](C)C[C@H](O)c1ccccc1)c1ccccc1. The van der Waals surface area contributed by atoms with Gasteiger partial charge in [0.15, 0.2) is 0 Å². The molecule has 0 radical (unpaired) electrons. The van der Waals surface area contributed by atoms with Crippen molar-refractivity contribution in [3.05, 3.63) is 71.8 Å². The van der Waals surface area contributed by atoms with Gasteiger partial charge in [-0.1, -0.05) is 60.7 Å². The van der Waals surface area contributed by atoms with Crippen molar-refractivity contribution in [2.45, 2.75) is 38.5 Å². The summed E-state index contributed by atoms with van der Waals surface area (Å²) in [6.45, 7) is 4.27. The first-order valence-electron chi connectivity index (χ1n) is 7.21. The van der Waals surface area contributed by atoms with Gasteiger partial charge in [-0.25, -0.2) is 0 Å². The smallest absolute Gasteiger partial charge is 0.0804 e. The van der Waals surface area contributed by atoms with Crippen LogP contribution in [0.3, 0.4) is 0 Å². The molecular weight excluding hydrogens is 246 g/mol. The number of benzene rings is 2. The number of hydrogen-bond donors (Lipinski definition) is 2. The quantitative estimate of drug-likeness (QED) is 0.835. The van der Waals surface area contributed by atoms with Crippen LogP contribution in [-0.2, 0) is 0 Å². The van der Waals surface area contributed by atoms with Crippen LogP contribution in [0.2, 0.25) is 0 Å². The van der Waals surface area contributed by atoms with E-state index >= 15 is 0 Å². The zero-order valence-electron chi connectivity index (χ0n) is 12.2. The first-order chi connectivity index (χ1) is 9.66. The van der Waals surface area contributed by atoms with E-state index in [2.05, 4.69) is 43.4 Å². The van der Waals surface area contributed by atoms with E-state index in [9.17, 15) is 5.11 Å². The maximum atomic E-state index is 10.2. The van der Waals surface area contributed by atoms with Crippen molar-refractivity contribution in [2.75, 3.05) is 0 Å². The Bertz CT molecular complexity index is 450. The summed E-state index contributed by atoms with van der Waals surface area (Å²) in [6, 6.07) is 20.7. The van der Waals surface area contributed by atoms with Crippen molar-refractivity contribution in [3.8, 4) is 0 Å². The molecule has 2 aromatic rings. The van der Waals surface area contributed by atoms with Crippen LogP contribution in [0, 0.1) is 0 Å². The molecule has 2 heteroatoms. The third kappa shape index (κ3) is 4.19. The molecule has 0 heterocycles. The Morgan fingerprint density at radius 3 is 1.90 bits per heavy atom. The van der Waals surface area contributed by atoms with Crippen molar-refractivity contribution >= 4 is 0 Å². The summed E-state index contributed by atoms with van der Waals surface area (Å²) in [4.78, 5) is 0. The molecule has 2 aromatic carbocycles. The minimum atomic E-state index is -0.415. The summed E-state index contributed by atoms with van der Waals surface area (Å²) in [5, 5.41) is 13.8. The van der Waals surface area contributed by atoms with Gasteiger partial charge in [-0.15, -0.1) is 0 Å². The maximum absolute atomic E-state index is 10.2. The van der Waals surface area contributed by atoms with E-state index in [1.165, 1.54) is 5.56 Å². The Labute approximate surface area is 121 Å². The van der Waals surface area contributed by atoms with E-state index in [4.69, 9.17) is 0 Å². The highest BCUT2D eigenvalue weighted by molar-refractivity contribution is 5.19. The maximum Gasteiger partial charge on any atom is 0.0804 e. The second kappa shape index (κ2) is 7.22. The van der Waals surface area contributed by atoms with Crippen molar-refractivity contribution in [3.63, 3.8) is 0 Å². The monoisotopic (exact) mass is 269 g/mol. The fourth-order valence-electron chi connectivity index (χ4n) is 2.48. The normalized spacial score (nSPS) is 15.6. The van der Waals surface area contributed by atoms with Crippen LogP contribution >= 0.6 is 0 Å². The predicted molar refractivity (Wildman–Crippen MR) is 83.5 cm³/mol. The molecule has 0 spiro atoms. The van der Waals surface area contributed by atoms with E-state index in [0.29, 0.717) is 6.42 Å². The lowest BCUT2D eigenvalue weighted by molar-refractivity contribution is 0.152. The van der Waals surface area contributed by atoms with Crippen LogP contribution in [0.4, 0.5) is 0 Å². The van der Waals surface area contributed by atoms with Gasteiger partial charge in [0.25, 0.3) is 0 Å². The van der Waals surface area contributed by atoms with Crippen LogP contribution < -0.4 is 5.32 Å². The van der Waals surface area contributed by atoms with Crippen LogP contribution in [-0.4, -0.2) is 11.1 Å². The highest BCUT2D eigenvalue weighted by atomic mass is 16.3. The Hall–Kier alpha value is -1.64. The van der Waals surface area contributed by atoms with Crippen molar-refractivity contribution in [1.29, 1.82) is 0 Å². The lowest BCUT2D eigenvalue weighted by atomic mass is 10.0. The second-order valence-electron chi connectivity index (χ2n) is 5.36. The standard InChI is InChI=1S/C18H23NO/c1-14(13-18(20)17-11-7-4-8-12-17)19-15(2)16-9-5-3-6-10-16/h3-12,14-15,18-20H,13H2,1-2H3/t14-,15-,18-/m0/s1. The molecule has 0 aromatic heterocycles. The summed E-state index contributed by atoms with van der Waals surface area (Å²) in [5.74, 6) is 0.